The third-order valence-corrected chi connectivity index (χ3v) is 3.55. The summed E-state index contributed by atoms with van der Waals surface area (Å²) in [4.78, 5) is 4.16. The fraction of sp³-hybridized carbons (Fsp3) is 0.533. The van der Waals surface area contributed by atoms with Crippen molar-refractivity contribution in [3.63, 3.8) is 0 Å². The molecule has 6 heteroatoms. The lowest BCUT2D eigenvalue weighted by Gasteiger charge is -2.17. The summed E-state index contributed by atoms with van der Waals surface area (Å²) in [6.07, 6.45) is 4.76. The number of guanidine groups is 1. The van der Waals surface area contributed by atoms with Crippen molar-refractivity contribution in [2.24, 2.45) is 4.99 Å². The van der Waals surface area contributed by atoms with E-state index in [0.29, 0.717) is 24.1 Å². The summed E-state index contributed by atoms with van der Waals surface area (Å²) in [6, 6.07) is 7.21. The number of alkyl halides is 2. The summed E-state index contributed by atoms with van der Waals surface area (Å²) >= 11 is 0. The Hall–Kier alpha value is -1.85. The minimum atomic E-state index is -2.82. The predicted octanol–water partition coefficient (Wildman–Crippen LogP) is 2.90. The Bertz CT molecular complexity index is 474. The van der Waals surface area contributed by atoms with Crippen molar-refractivity contribution in [1.29, 1.82) is 0 Å². The van der Waals surface area contributed by atoms with Gasteiger partial charge in [-0.05, 0) is 18.9 Å². The van der Waals surface area contributed by atoms with E-state index >= 15 is 0 Å². The molecule has 1 aromatic carbocycles. The minimum absolute atomic E-state index is 0.191. The van der Waals surface area contributed by atoms with Gasteiger partial charge in [-0.15, -0.1) is 0 Å². The van der Waals surface area contributed by atoms with E-state index in [1.807, 2.05) is 0 Å². The average molecular weight is 297 g/mol. The zero-order valence-electron chi connectivity index (χ0n) is 12.1. The molecule has 2 N–H and O–H groups in total. The van der Waals surface area contributed by atoms with Gasteiger partial charge >= 0.3 is 6.61 Å². The Morgan fingerprint density at radius 1 is 1.33 bits per heavy atom. The second kappa shape index (κ2) is 7.81. The van der Waals surface area contributed by atoms with Crippen molar-refractivity contribution in [1.82, 2.24) is 10.6 Å². The summed E-state index contributed by atoms with van der Waals surface area (Å²) in [6.45, 7) is -2.43. The lowest BCUT2D eigenvalue weighted by Crippen LogP contribution is -2.42. The van der Waals surface area contributed by atoms with Crippen LogP contribution in [0.1, 0.15) is 31.2 Å². The van der Waals surface area contributed by atoms with Crippen LogP contribution in [0.2, 0.25) is 0 Å². The van der Waals surface area contributed by atoms with Crippen LogP contribution < -0.4 is 15.4 Å². The maximum absolute atomic E-state index is 12.4. The van der Waals surface area contributed by atoms with Crippen LogP contribution in [0.5, 0.6) is 5.75 Å². The molecule has 0 bridgehead atoms. The number of hydrogen-bond donors (Lipinski definition) is 2. The van der Waals surface area contributed by atoms with E-state index in [9.17, 15) is 8.78 Å². The Kier molecular flexibility index (Phi) is 5.78. The van der Waals surface area contributed by atoms with E-state index in [1.54, 1.807) is 25.2 Å². The lowest BCUT2D eigenvalue weighted by atomic mass is 10.2. The van der Waals surface area contributed by atoms with Gasteiger partial charge in [-0.1, -0.05) is 31.0 Å². The molecule has 0 unspecified atom stereocenters. The summed E-state index contributed by atoms with van der Waals surface area (Å²) in [5.41, 5.74) is 0.673. The van der Waals surface area contributed by atoms with Crippen molar-refractivity contribution < 1.29 is 13.5 Å². The van der Waals surface area contributed by atoms with Crippen LogP contribution in [-0.4, -0.2) is 25.7 Å². The van der Waals surface area contributed by atoms with Crippen LogP contribution in [0.3, 0.4) is 0 Å². The van der Waals surface area contributed by atoms with Gasteiger partial charge in [0.25, 0.3) is 0 Å². The number of hydrogen-bond acceptors (Lipinski definition) is 2. The molecular formula is C15H21F2N3O. The second-order valence-electron chi connectivity index (χ2n) is 5.04. The van der Waals surface area contributed by atoms with Gasteiger partial charge in [-0.3, -0.25) is 4.99 Å². The van der Waals surface area contributed by atoms with Crippen LogP contribution in [0.25, 0.3) is 0 Å². The van der Waals surface area contributed by atoms with Gasteiger partial charge in [0.1, 0.15) is 5.75 Å². The fourth-order valence-electron chi connectivity index (χ4n) is 2.50. The zero-order valence-corrected chi connectivity index (χ0v) is 12.1. The number of para-hydroxylation sites is 1. The van der Waals surface area contributed by atoms with Gasteiger partial charge in [-0.2, -0.15) is 8.78 Å². The molecule has 21 heavy (non-hydrogen) atoms. The summed E-state index contributed by atoms with van der Waals surface area (Å²) < 4.78 is 29.2. The number of halogens is 2. The molecule has 0 radical (unpaired) electrons. The number of nitrogens with zero attached hydrogens (tertiary/aromatic N) is 1. The number of aliphatic imine (C=N–C) groups is 1. The largest absolute Gasteiger partial charge is 0.434 e. The fourth-order valence-corrected chi connectivity index (χ4v) is 2.50. The van der Waals surface area contributed by atoms with E-state index < -0.39 is 6.61 Å². The molecule has 0 heterocycles. The van der Waals surface area contributed by atoms with Crippen molar-refractivity contribution in [2.75, 3.05) is 7.05 Å². The molecular weight excluding hydrogens is 276 g/mol. The molecule has 0 atom stereocenters. The maximum Gasteiger partial charge on any atom is 0.387 e. The first-order valence-electron chi connectivity index (χ1n) is 7.19. The highest BCUT2D eigenvalue weighted by Crippen LogP contribution is 2.20. The van der Waals surface area contributed by atoms with Crippen LogP contribution in [0.15, 0.2) is 29.3 Å². The van der Waals surface area contributed by atoms with Crippen LogP contribution in [0.4, 0.5) is 8.78 Å². The smallest absolute Gasteiger partial charge is 0.387 e. The van der Waals surface area contributed by atoms with Gasteiger partial charge < -0.3 is 15.4 Å². The van der Waals surface area contributed by atoms with Gasteiger partial charge in [0.2, 0.25) is 0 Å². The predicted molar refractivity (Wildman–Crippen MR) is 78.7 cm³/mol. The number of benzene rings is 1. The highest BCUT2D eigenvalue weighted by atomic mass is 19.3. The maximum atomic E-state index is 12.4. The first kappa shape index (κ1) is 15.5. The highest BCUT2D eigenvalue weighted by molar-refractivity contribution is 5.80. The molecule has 1 aliphatic carbocycles. The molecule has 0 aliphatic heterocycles. The molecule has 1 aliphatic rings. The SMILES string of the molecule is CN=C(NCc1ccccc1OC(F)F)NC1CCCC1. The van der Waals surface area contributed by atoms with Crippen molar-refractivity contribution in [3.8, 4) is 5.75 Å². The molecule has 0 spiro atoms. The summed E-state index contributed by atoms with van der Waals surface area (Å²) in [5, 5.41) is 6.49. The van der Waals surface area contributed by atoms with Gasteiger partial charge in [-0.25, -0.2) is 0 Å². The van der Waals surface area contributed by atoms with E-state index in [2.05, 4.69) is 20.4 Å². The van der Waals surface area contributed by atoms with E-state index in [-0.39, 0.29) is 5.75 Å². The molecule has 0 saturated heterocycles. The summed E-state index contributed by atoms with van der Waals surface area (Å²) in [7, 11) is 1.70. The lowest BCUT2D eigenvalue weighted by molar-refractivity contribution is -0.0504. The number of nitrogens with one attached hydrogen (secondary N) is 2. The second-order valence-corrected chi connectivity index (χ2v) is 5.04. The molecule has 2 rings (SSSR count). The monoisotopic (exact) mass is 297 g/mol. The normalized spacial score (nSPS) is 16.3. The van der Waals surface area contributed by atoms with E-state index in [4.69, 9.17) is 0 Å². The third kappa shape index (κ3) is 4.88. The average Bonchev–Trinajstić information content (AvgIpc) is 2.97. The van der Waals surface area contributed by atoms with Crippen LogP contribution in [-0.2, 0) is 6.54 Å². The molecule has 4 nitrogen and oxygen atoms in total. The standard InChI is InChI=1S/C15H21F2N3O/c1-18-15(20-12-7-3-4-8-12)19-10-11-6-2-5-9-13(11)21-14(16)17/h2,5-6,9,12,14H,3-4,7-8,10H2,1H3,(H2,18,19,20). The topological polar surface area (TPSA) is 45.7 Å². The first-order valence-corrected chi connectivity index (χ1v) is 7.19. The summed E-state index contributed by atoms with van der Waals surface area (Å²) in [5.74, 6) is 0.880. The number of ether oxygens (including phenoxy) is 1. The molecule has 1 fully saturated rings. The van der Waals surface area contributed by atoms with Gasteiger partial charge in [0.15, 0.2) is 5.96 Å². The minimum Gasteiger partial charge on any atom is -0.434 e. The van der Waals surface area contributed by atoms with E-state index in [1.165, 1.54) is 18.9 Å². The molecule has 0 aromatic heterocycles. The van der Waals surface area contributed by atoms with Crippen molar-refractivity contribution in [3.05, 3.63) is 29.8 Å². The molecule has 0 amide bonds. The molecule has 116 valence electrons. The zero-order chi connectivity index (χ0) is 15.1. The highest BCUT2D eigenvalue weighted by Gasteiger charge is 2.16. The van der Waals surface area contributed by atoms with Crippen molar-refractivity contribution in [2.45, 2.75) is 44.9 Å². The van der Waals surface area contributed by atoms with Crippen LogP contribution >= 0.6 is 0 Å². The Morgan fingerprint density at radius 3 is 2.71 bits per heavy atom. The van der Waals surface area contributed by atoms with Gasteiger partial charge in [0, 0.05) is 25.2 Å². The molecule has 1 saturated carbocycles. The Labute approximate surface area is 123 Å². The Morgan fingerprint density at radius 2 is 2.05 bits per heavy atom. The van der Waals surface area contributed by atoms with Gasteiger partial charge in [0.05, 0.1) is 0 Å². The molecule has 1 aromatic rings. The number of rotatable bonds is 5. The third-order valence-electron chi connectivity index (χ3n) is 3.55. The quantitative estimate of drug-likeness (QED) is 0.649. The van der Waals surface area contributed by atoms with Crippen molar-refractivity contribution >= 4 is 5.96 Å². The van der Waals surface area contributed by atoms with E-state index in [0.717, 1.165) is 12.8 Å². The van der Waals surface area contributed by atoms with Crippen LogP contribution in [0, 0.1) is 0 Å². The first-order chi connectivity index (χ1) is 10.2. The Balaban J connectivity index is 1.91.